The zero-order chi connectivity index (χ0) is 28.6. The molecule has 43 heavy (non-hydrogen) atoms. The average Bonchev–Trinajstić information content (AvgIpc) is 3.07. The fraction of sp³-hybridized carbons (Fsp3) is 0.0256. The summed E-state index contributed by atoms with van der Waals surface area (Å²) in [5.41, 5.74) is 6.19. The minimum Gasteiger partial charge on any atom is -0.457 e. The van der Waals surface area contributed by atoms with Gasteiger partial charge >= 0.3 is 0 Å². The summed E-state index contributed by atoms with van der Waals surface area (Å²) in [6.45, 7) is 0. The summed E-state index contributed by atoms with van der Waals surface area (Å²) in [5.74, 6) is 3.10. The van der Waals surface area contributed by atoms with Crippen molar-refractivity contribution in [2.45, 2.75) is 5.41 Å². The van der Waals surface area contributed by atoms with E-state index in [1.54, 1.807) is 0 Å². The van der Waals surface area contributed by atoms with Gasteiger partial charge in [0.25, 0.3) is 0 Å². The first kappa shape index (κ1) is 25.0. The molecule has 0 atom stereocenters. The molecule has 5 aromatic carbocycles. The third-order valence-electron chi connectivity index (χ3n) is 8.08. The predicted octanol–water partition coefficient (Wildman–Crippen LogP) is 9.58. The molecular weight excluding hydrogens is 528 g/mol. The lowest BCUT2D eigenvalue weighted by molar-refractivity contribution is 0.431. The van der Waals surface area contributed by atoms with Crippen molar-refractivity contribution < 1.29 is 9.47 Å². The lowest BCUT2D eigenvalue weighted by atomic mass is 9.65. The third-order valence-corrected chi connectivity index (χ3v) is 8.08. The highest BCUT2D eigenvalue weighted by Crippen LogP contribution is 2.55. The SMILES string of the molecule is c1ccc(C2(c3cccc(Oc4cccc(-c5ccc6ccccc6n5)c4)c3)c3ccccc3Oc3ccccc32)nc1. The van der Waals surface area contributed by atoms with Gasteiger partial charge in [-0.3, -0.25) is 4.98 Å². The van der Waals surface area contributed by atoms with E-state index >= 15 is 0 Å². The highest BCUT2D eigenvalue weighted by molar-refractivity contribution is 5.81. The molecule has 0 amide bonds. The van der Waals surface area contributed by atoms with Crippen LogP contribution in [-0.4, -0.2) is 9.97 Å². The number of hydrogen-bond donors (Lipinski definition) is 0. The zero-order valence-electron chi connectivity index (χ0n) is 23.2. The highest BCUT2D eigenvalue weighted by atomic mass is 16.5. The van der Waals surface area contributed by atoms with Gasteiger partial charge in [-0.05, 0) is 66.2 Å². The van der Waals surface area contributed by atoms with Crippen LogP contribution in [-0.2, 0) is 5.41 Å². The highest BCUT2D eigenvalue weighted by Gasteiger charge is 2.46. The topological polar surface area (TPSA) is 44.2 Å². The van der Waals surface area contributed by atoms with Crippen LogP contribution in [0.4, 0.5) is 0 Å². The molecule has 0 radical (unpaired) electrons. The quantitative estimate of drug-likeness (QED) is 0.212. The van der Waals surface area contributed by atoms with Gasteiger partial charge in [0.15, 0.2) is 0 Å². The van der Waals surface area contributed by atoms with Crippen LogP contribution in [0.3, 0.4) is 0 Å². The predicted molar refractivity (Wildman–Crippen MR) is 170 cm³/mol. The average molecular weight is 555 g/mol. The van der Waals surface area contributed by atoms with E-state index < -0.39 is 5.41 Å². The number of ether oxygens (including phenoxy) is 2. The molecule has 8 rings (SSSR count). The van der Waals surface area contributed by atoms with Gasteiger partial charge in [-0.2, -0.15) is 0 Å². The summed E-state index contributed by atoms with van der Waals surface area (Å²) in [6.07, 6.45) is 1.85. The summed E-state index contributed by atoms with van der Waals surface area (Å²) in [5, 5.41) is 1.12. The second-order valence-corrected chi connectivity index (χ2v) is 10.6. The Kier molecular flexibility index (Phi) is 5.97. The van der Waals surface area contributed by atoms with E-state index in [1.165, 1.54) is 0 Å². The molecule has 3 heterocycles. The molecule has 204 valence electrons. The van der Waals surface area contributed by atoms with Crippen molar-refractivity contribution >= 4 is 10.9 Å². The van der Waals surface area contributed by atoms with E-state index in [0.717, 1.165) is 67.5 Å². The van der Waals surface area contributed by atoms with E-state index in [2.05, 4.69) is 66.7 Å². The molecule has 0 spiro atoms. The Hall–Kier alpha value is -5.74. The number of aromatic nitrogens is 2. The summed E-state index contributed by atoms with van der Waals surface area (Å²) >= 11 is 0. The number of para-hydroxylation sites is 3. The molecule has 0 bridgehead atoms. The smallest absolute Gasteiger partial charge is 0.132 e. The number of nitrogens with zero attached hydrogens (tertiary/aromatic N) is 2. The first-order chi connectivity index (χ1) is 21.3. The van der Waals surface area contributed by atoms with Crippen molar-refractivity contribution in [1.82, 2.24) is 9.97 Å². The molecule has 0 aliphatic carbocycles. The molecular formula is C39H26N2O2. The lowest BCUT2D eigenvalue weighted by Gasteiger charge is -2.40. The maximum Gasteiger partial charge on any atom is 0.132 e. The Morgan fingerprint density at radius 2 is 1.26 bits per heavy atom. The molecule has 2 aromatic heterocycles. The lowest BCUT2D eigenvalue weighted by Crippen LogP contribution is -2.35. The van der Waals surface area contributed by atoms with Crippen LogP contribution in [0.1, 0.15) is 22.4 Å². The number of rotatable bonds is 5. The van der Waals surface area contributed by atoms with Gasteiger partial charge in [0, 0.05) is 28.3 Å². The van der Waals surface area contributed by atoms with Crippen molar-refractivity contribution in [3.63, 3.8) is 0 Å². The third kappa shape index (κ3) is 4.23. The fourth-order valence-electron chi connectivity index (χ4n) is 6.19. The van der Waals surface area contributed by atoms with Gasteiger partial charge in [-0.15, -0.1) is 0 Å². The van der Waals surface area contributed by atoms with E-state index in [-0.39, 0.29) is 0 Å². The van der Waals surface area contributed by atoms with Gasteiger partial charge in [0.05, 0.1) is 22.3 Å². The first-order valence-corrected chi connectivity index (χ1v) is 14.3. The molecule has 0 saturated heterocycles. The van der Waals surface area contributed by atoms with Crippen molar-refractivity contribution in [3.05, 3.63) is 180 Å². The van der Waals surface area contributed by atoms with E-state index in [4.69, 9.17) is 19.4 Å². The van der Waals surface area contributed by atoms with Crippen molar-refractivity contribution in [2.24, 2.45) is 0 Å². The number of fused-ring (bicyclic) bond motifs is 3. The summed E-state index contributed by atoms with van der Waals surface area (Å²) in [6, 6.07) is 51.2. The van der Waals surface area contributed by atoms with Gasteiger partial charge in [-0.25, -0.2) is 4.98 Å². The van der Waals surface area contributed by atoms with Crippen molar-refractivity contribution in [3.8, 4) is 34.3 Å². The Balaban J connectivity index is 1.24. The monoisotopic (exact) mass is 554 g/mol. The molecule has 4 nitrogen and oxygen atoms in total. The number of pyridine rings is 2. The normalized spacial score (nSPS) is 13.0. The first-order valence-electron chi connectivity index (χ1n) is 14.3. The minimum atomic E-state index is -0.705. The zero-order valence-corrected chi connectivity index (χ0v) is 23.2. The van der Waals surface area contributed by atoms with Crippen molar-refractivity contribution in [1.29, 1.82) is 0 Å². The summed E-state index contributed by atoms with van der Waals surface area (Å²) in [4.78, 5) is 9.81. The minimum absolute atomic E-state index is 0.705. The molecule has 0 unspecified atom stereocenters. The van der Waals surface area contributed by atoms with Crippen LogP contribution in [0.2, 0.25) is 0 Å². The molecule has 0 saturated carbocycles. The Bertz CT molecular complexity index is 2060. The van der Waals surface area contributed by atoms with Crippen LogP contribution >= 0.6 is 0 Å². The van der Waals surface area contributed by atoms with Gasteiger partial charge in [0.2, 0.25) is 0 Å². The fourth-order valence-corrected chi connectivity index (χ4v) is 6.19. The Morgan fingerprint density at radius 1 is 0.558 bits per heavy atom. The molecule has 0 N–H and O–H groups in total. The van der Waals surface area contributed by atoms with Crippen LogP contribution in [0.25, 0.3) is 22.2 Å². The van der Waals surface area contributed by atoms with Gasteiger partial charge < -0.3 is 9.47 Å². The maximum atomic E-state index is 6.54. The number of hydrogen-bond acceptors (Lipinski definition) is 4. The van der Waals surface area contributed by atoms with Crippen molar-refractivity contribution in [2.75, 3.05) is 0 Å². The Labute approximate surface area is 249 Å². The largest absolute Gasteiger partial charge is 0.457 e. The molecule has 0 fully saturated rings. The summed E-state index contributed by atoms with van der Waals surface area (Å²) in [7, 11) is 0. The van der Waals surface area contributed by atoms with Crippen LogP contribution in [0.5, 0.6) is 23.0 Å². The molecule has 1 aliphatic rings. The standard InChI is InChI=1S/C39H26N2O2/c1-4-18-34-27(11-1)22-23-35(41-34)28-12-9-14-30(25-28)42-31-15-10-13-29(26-31)39(38-21-7-8-24-40-38)32-16-2-5-19-36(32)43-37-20-6-3-17-33(37)39/h1-26H. The second kappa shape index (κ2) is 10.3. The Morgan fingerprint density at radius 3 is 2.05 bits per heavy atom. The van der Waals surface area contributed by atoms with Gasteiger partial charge in [0.1, 0.15) is 23.0 Å². The molecule has 1 aliphatic heterocycles. The van der Waals surface area contributed by atoms with Crippen LogP contribution in [0.15, 0.2) is 158 Å². The molecule has 4 heteroatoms. The van der Waals surface area contributed by atoms with Crippen LogP contribution < -0.4 is 9.47 Å². The van der Waals surface area contributed by atoms with E-state index in [9.17, 15) is 0 Å². The maximum absolute atomic E-state index is 6.54. The second-order valence-electron chi connectivity index (χ2n) is 10.6. The van der Waals surface area contributed by atoms with E-state index in [1.807, 2.05) is 91.1 Å². The van der Waals surface area contributed by atoms with Gasteiger partial charge in [-0.1, -0.05) is 91.0 Å². The molecule has 7 aromatic rings. The number of benzene rings is 5. The van der Waals surface area contributed by atoms with E-state index in [0.29, 0.717) is 0 Å². The summed E-state index contributed by atoms with van der Waals surface area (Å²) < 4.78 is 13.0. The van der Waals surface area contributed by atoms with Crippen LogP contribution in [0, 0.1) is 0 Å².